The Hall–Kier alpha value is -4.59. The summed E-state index contributed by atoms with van der Waals surface area (Å²) < 4.78 is 6.70. The van der Waals surface area contributed by atoms with Crippen LogP contribution < -0.4 is 5.56 Å². The molecule has 0 spiro atoms. The smallest absolute Gasteiger partial charge is 0.338 e. The van der Waals surface area contributed by atoms with Gasteiger partial charge in [0.1, 0.15) is 12.3 Å². The number of esters is 1. The van der Waals surface area contributed by atoms with Crippen LogP contribution in [0.4, 0.5) is 0 Å². The molecule has 0 saturated carbocycles. The maximum Gasteiger partial charge on any atom is 0.338 e. The van der Waals surface area contributed by atoms with Gasteiger partial charge in [0.15, 0.2) is 0 Å². The third kappa shape index (κ3) is 3.97. The second-order valence-corrected chi connectivity index (χ2v) is 7.85. The monoisotopic (exact) mass is 453 g/mol. The van der Waals surface area contributed by atoms with E-state index in [1.54, 1.807) is 24.4 Å². The van der Waals surface area contributed by atoms with Crippen molar-refractivity contribution >= 4 is 23.4 Å². The lowest BCUT2D eigenvalue weighted by molar-refractivity contribution is 0.0467. The number of fused-ring (bicyclic) bond motifs is 2. The van der Waals surface area contributed by atoms with Gasteiger partial charge in [0.05, 0.1) is 22.4 Å². The molecule has 0 bridgehead atoms. The van der Waals surface area contributed by atoms with Crippen molar-refractivity contribution in [2.24, 2.45) is 0 Å². The average molecular weight is 453 g/mol. The molecule has 2 amide bonds. The van der Waals surface area contributed by atoms with E-state index >= 15 is 0 Å². The molecule has 8 nitrogen and oxygen atoms in total. The number of imide groups is 1. The van der Waals surface area contributed by atoms with Gasteiger partial charge in [-0.2, -0.15) is 0 Å². The van der Waals surface area contributed by atoms with Crippen molar-refractivity contribution in [1.82, 2.24) is 14.3 Å². The van der Waals surface area contributed by atoms with Gasteiger partial charge in [0.25, 0.3) is 17.4 Å². The van der Waals surface area contributed by atoms with Crippen LogP contribution in [0.3, 0.4) is 0 Å². The minimum atomic E-state index is -0.680. The summed E-state index contributed by atoms with van der Waals surface area (Å²) in [5.41, 5.74) is 2.07. The zero-order chi connectivity index (χ0) is 23.7. The summed E-state index contributed by atoms with van der Waals surface area (Å²) in [7, 11) is 0. The minimum absolute atomic E-state index is 0.141. The number of carbonyl (C=O) groups is 3. The van der Waals surface area contributed by atoms with Gasteiger partial charge in [0.2, 0.25) is 0 Å². The van der Waals surface area contributed by atoms with E-state index in [0.29, 0.717) is 17.8 Å². The van der Waals surface area contributed by atoms with Crippen LogP contribution in [-0.4, -0.2) is 38.6 Å². The van der Waals surface area contributed by atoms with E-state index in [2.05, 4.69) is 4.98 Å². The molecule has 0 fully saturated rings. The SMILES string of the molecule is O=C(OCc1cc(=O)n2ccccc2n1)c1ccc2c(c1)C(=O)N(CCc1ccccc1)C2=O. The van der Waals surface area contributed by atoms with Gasteiger partial charge in [-0.05, 0) is 42.3 Å². The van der Waals surface area contributed by atoms with E-state index in [1.807, 2.05) is 30.3 Å². The number of pyridine rings is 1. The van der Waals surface area contributed by atoms with Gasteiger partial charge in [-0.25, -0.2) is 9.78 Å². The maximum atomic E-state index is 12.9. The van der Waals surface area contributed by atoms with Crippen molar-refractivity contribution in [2.45, 2.75) is 13.0 Å². The zero-order valence-electron chi connectivity index (χ0n) is 18.0. The van der Waals surface area contributed by atoms with Gasteiger partial charge in [-0.15, -0.1) is 0 Å². The lowest BCUT2D eigenvalue weighted by Gasteiger charge is -2.13. The first-order valence-corrected chi connectivity index (χ1v) is 10.7. The Morgan fingerprint density at radius 3 is 2.44 bits per heavy atom. The average Bonchev–Trinajstić information content (AvgIpc) is 3.10. The van der Waals surface area contributed by atoms with Crippen LogP contribution in [0.5, 0.6) is 0 Å². The molecule has 0 saturated heterocycles. The molecule has 0 radical (unpaired) electrons. The molecule has 4 aromatic rings. The summed E-state index contributed by atoms with van der Waals surface area (Å²) in [5, 5.41) is 0. The van der Waals surface area contributed by atoms with Gasteiger partial charge >= 0.3 is 5.97 Å². The Kier molecular flexibility index (Phi) is 5.47. The summed E-state index contributed by atoms with van der Waals surface area (Å²) in [6.07, 6.45) is 2.15. The fourth-order valence-corrected chi connectivity index (χ4v) is 3.91. The normalized spacial score (nSPS) is 12.8. The Balaban J connectivity index is 1.29. The van der Waals surface area contributed by atoms with E-state index in [4.69, 9.17) is 4.74 Å². The molecular weight excluding hydrogens is 434 g/mol. The zero-order valence-corrected chi connectivity index (χ0v) is 18.0. The first-order valence-electron chi connectivity index (χ1n) is 10.7. The number of hydrogen-bond donors (Lipinski definition) is 0. The third-order valence-corrected chi connectivity index (χ3v) is 5.65. The molecule has 0 aliphatic carbocycles. The summed E-state index contributed by atoms with van der Waals surface area (Å²) in [6, 6.07) is 20.3. The molecule has 1 aliphatic rings. The van der Waals surface area contributed by atoms with Crippen LogP contribution >= 0.6 is 0 Å². The van der Waals surface area contributed by atoms with E-state index in [-0.39, 0.29) is 41.3 Å². The summed E-state index contributed by atoms with van der Waals surface area (Å²) in [6.45, 7) is 0.0476. The molecule has 34 heavy (non-hydrogen) atoms. The van der Waals surface area contributed by atoms with Crippen LogP contribution in [0.25, 0.3) is 5.65 Å². The fourth-order valence-electron chi connectivity index (χ4n) is 3.91. The predicted octanol–water partition coefficient (Wildman–Crippen LogP) is 2.89. The Labute approximate surface area is 194 Å². The molecule has 8 heteroatoms. The highest BCUT2D eigenvalue weighted by molar-refractivity contribution is 6.22. The lowest BCUT2D eigenvalue weighted by atomic mass is 10.1. The van der Waals surface area contributed by atoms with Crippen LogP contribution in [-0.2, 0) is 17.8 Å². The van der Waals surface area contributed by atoms with Crippen molar-refractivity contribution in [2.75, 3.05) is 6.54 Å². The van der Waals surface area contributed by atoms with Crippen molar-refractivity contribution in [1.29, 1.82) is 0 Å². The largest absolute Gasteiger partial charge is 0.456 e. The van der Waals surface area contributed by atoms with Gasteiger partial charge < -0.3 is 4.74 Å². The highest BCUT2D eigenvalue weighted by atomic mass is 16.5. The highest BCUT2D eigenvalue weighted by Crippen LogP contribution is 2.25. The van der Waals surface area contributed by atoms with E-state index in [1.165, 1.54) is 33.6 Å². The topological polar surface area (TPSA) is 98.1 Å². The number of benzene rings is 2. The number of ether oxygens (including phenoxy) is 1. The summed E-state index contributed by atoms with van der Waals surface area (Å²) in [4.78, 5) is 55.9. The van der Waals surface area contributed by atoms with Crippen LogP contribution in [0.2, 0.25) is 0 Å². The number of aromatic nitrogens is 2. The second kappa shape index (κ2) is 8.74. The predicted molar refractivity (Wildman–Crippen MR) is 123 cm³/mol. The number of amides is 2. The molecule has 0 unspecified atom stereocenters. The van der Waals surface area contributed by atoms with Gasteiger partial charge in [-0.1, -0.05) is 36.4 Å². The Morgan fingerprint density at radius 2 is 1.62 bits per heavy atom. The fraction of sp³-hybridized carbons (Fsp3) is 0.115. The Morgan fingerprint density at radius 1 is 0.853 bits per heavy atom. The number of rotatable bonds is 6. The number of nitrogens with zero attached hydrogens (tertiary/aromatic N) is 3. The molecular formula is C26H19N3O5. The van der Waals surface area contributed by atoms with Gasteiger partial charge in [0, 0.05) is 18.8 Å². The van der Waals surface area contributed by atoms with E-state index in [0.717, 1.165) is 5.56 Å². The van der Waals surface area contributed by atoms with Crippen molar-refractivity contribution in [3.8, 4) is 0 Å². The van der Waals surface area contributed by atoms with Crippen LogP contribution in [0.15, 0.2) is 83.8 Å². The minimum Gasteiger partial charge on any atom is -0.456 e. The molecule has 168 valence electrons. The third-order valence-electron chi connectivity index (χ3n) is 5.65. The summed E-state index contributed by atoms with van der Waals surface area (Å²) in [5.74, 6) is -1.49. The molecule has 0 atom stereocenters. The Bertz CT molecular complexity index is 1490. The van der Waals surface area contributed by atoms with E-state index in [9.17, 15) is 19.2 Å². The highest BCUT2D eigenvalue weighted by Gasteiger charge is 2.35. The van der Waals surface area contributed by atoms with Crippen molar-refractivity contribution in [3.63, 3.8) is 0 Å². The van der Waals surface area contributed by atoms with Gasteiger partial charge in [-0.3, -0.25) is 23.7 Å². The first kappa shape index (κ1) is 21.3. The standard InChI is InChI=1S/C26H19N3O5/c30-23-15-19(27-22-8-4-5-12-28(22)23)16-34-26(33)18-9-10-20-21(14-18)25(32)29(24(20)31)13-11-17-6-2-1-3-7-17/h1-10,12,14-15H,11,13,16H2. The number of hydrogen-bond acceptors (Lipinski definition) is 6. The van der Waals surface area contributed by atoms with Crippen molar-refractivity contribution in [3.05, 3.63) is 117 Å². The maximum absolute atomic E-state index is 12.9. The molecule has 2 aromatic carbocycles. The first-order chi connectivity index (χ1) is 16.5. The second-order valence-electron chi connectivity index (χ2n) is 7.85. The van der Waals surface area contributed by atoms with Crippen LogP contribution in [0.1, 0.15) is 42.3 Å². The number of carbonyl (C=O) groups excluding carboxylic acids is 3. The van der Waals surface area contributed by atoms with Crippen molar-refractivity contribution < 1.29 is 19.1 Å². The molecule has 3 heterocycles. The lowest BCUT2D eigenvalue weighted by Crippen LogP contribution is -2.31. The molecule has 0 N–H and O–H groups in total. The van der Waals surface area contributed by atoms with Crippen LogP contribution in [0, 0.1) is 0 Å². The quantitative estimate of drug-likeness (QED) is 0.329. The molecule has 2 aromatic heterocycles. The summed E-state index contributed by atoms with van der Waals surface area (Å²) >= 11 is 0. The van der Waals surface area contributed by atoms with E-state index < -0.39 is 11.9 Å². The molecule has 1 aliphatic heterocycles. The molecule has 5 rings (SSSR count).